The van der Waals surface area contributed by atoms with Crippen LogP contribution in [0.2, 0.25) is 0 Å². The second kappa shape index (κ2) is 8.88. The normalized spacial score (nSPS) is 12.1. The van der Waals surface area contributed by atoms with E-state index in [9.17, 15) is 18.0 Å². The van der Waals surface area contributed by atoms with Crippen molar-refractivity contribution in [2.45, 2.75) is 31.8 Å². The molecule has 1 N–H and O–H groups in total. The molecule has 0 fully saturated rings. The van der Waals surface area contributed by atoms with Gasteiger partial charge in [-0.3, -0.25) is 9.10 Å². The SMILES string of the molecule is CCNC(=O)[C@H](C)OC(=O)c1ccc(N(C)S(=O)(=O)c2ccc(C)cc2)cc1. The number of ether oxygens (including phenoxy) is 1. The third-order valence-corrected chi connectivity index (χ3v) is 5.95. The number of rotatable bonds is 7. The summed E-state index contributed by atoms with van der Waals surface area (Å²) in [5, 5.41) is 2.57. The van der Waals surface area contributed by atoms with Gasteiger partial charge in [-0.25, -0.2) is 13.2 Å². The zero-order valence-electron chi connectivity index (χ0n) is 16.3. The summed E-state index contributed by atoms with van der Waals surface area (Å²) >= 11 is 0. The van der Waals surface area contributed by atoms with Gasteiger partial charge in [-0.15, -0.1) is 0 Å². The molecule has 0 aliphatic rings. The highest BCUT2D eigenvalue weighted by atomic mass is 32.2. The van der Waals surface area contributed by atoms with Crippen LogP contribution in [0.25, 0.3) is 0 Å². The smallest absolute Gasteiger partial charge is 0.338 e. The summed E-state index contributed by atoms with van der Waals surface area (Å²) in [5.41, 5.74) is 1.58. The van der Waals surface area contributed by atoms with E-state index in [2.05, 4.69) is 5.32 Å². The van der Waals surface area contributed by atoms with Gasteiger partial charge in [0.1, 0.15) is 0 Å². The molecule has 0 saturated carbocycles. The lowest BCUT2D eigenvalue weighted by atomic mass is 10.2. The summed E-state index contributed by atoms with van der Waals surface area (Å²) in [6, 6.07) is 12.5. The molecule has 28 heavy (non-hydrogen) atoms. The molecule has 0 unspecified atom stereocenters. The predicted molar refractivity (Wildman–Crippen MR) is 107 cm³/mol. The summed E-state index contributed by atoms with van der Waals surface area (Å²) in [5.74, 6) is -1.04. The number of carbonyl (C=O) groups excluding carboxylic acids is 2. The van der Waals surface area contributed by atoms with E-state index in [1.54, 1.807) is 31.2 Å². The zero-order chi connectivity index (χ0) is 20.9. The van der Waals surface area contributed by atoms with Crippen LogP contribution in [0.5, 0.6) is 0 Å². The van der Waals surface area contributed by atoms with Crippen LogP contribution in [0.4, 0.5) is 5.69 Å². The number of anilines is 1. The number of esters is 1. The van der Waals surface area contributed by atoms with Crippen molar-refractivity contribution in [1.82, 2.24) is 5.32 Å². The maximum absolute atomic E-state index is 12.7. The number of aryl methyl sites for hydroxylation is 1. The van der Waals surface area contributed by atoms with Crippen molar-refractivity contribution in [1.29, 1.82) is 0 Å². The first-order chi connectivity index (χ1) is 13.2. The summed E-state index contributed by atoms with van der Waals surface area (Å²) in [4.78, 5) is 24.0. The Labute approximate surface area is 165 Å². The summed E-state index contributed by atoms with van der Waals surface area (Å²) in [6.07, 6.45) is -0.920. The minimum atomic E-state index is -3.71. The quantitative estimate of drug-likeness (QED) is 0.716. The molecule has 1 atom stereocenters. The lowest BCUT2D eigenvalue weighted by Gasteiger charge is -2.20. The monoisotopic (exact) mass is 404 g/mol. The molecule has 0 heterocycles. The van der Waals surface area contributed by atoms with Crippen molar-refractivity contribution in [2.24, 2.45) is 0 Å². The van der Waals surface area contributed by atoms with Crippen molar-refractivity contribution in [2.75, 3.05) is 17.9 Å². The van der Waals surface area contributed by atoms with Crippen molar-refractivity contribution >= 4 is 27.6 Å². The minimum Gasteiger partial charge on any atom is -0.449 e. The number of benzene rings is 2. The molecule has 0 aliphatic carbocycles. The van der Waals surface area contributed by atoms with Crippen LogP contribution >= 0.6 is 0 Å². The molecule has 0 aromatic heterocycles. The molecule has 150 valence electrons. The largest absolute Gasteiger partial charge is 0.449 e. The van der Waals surface area contributed by atoms with E-state index in [1.165, 1.54) is 38.2 Å². The Balaban J connectivity index is 2.14. The van der Waals surface area contributed by atoms with E-state index in [0.29, 0.717) is 12.2 Å². The van der Waals surface area contributed by atoms with E-state index in [1.807, 2.05) is 6.92 Å². The number of hydrogen-bond acceptors (Lipinski definition) is 5. The van der Waals surface area contributed by atoms with Crippen molar-refractivity contribution in [3.05, 3.63) is 59.7 Å². The number of amides is 1. The van der Waals surface area contributed by atoms with Crippen molar-refractivity contribution in [3.63, 3.8) is 0 Å². The highest BCUT2D eigenvalue weighted by molar-refractivity contribution is 7.92. The first kappa shape index (κ1) is 21.4. The summed E-state index contributed by atoms with van der Waals surface area (Å²) in [6.45, 7) is 5.58. The lowest BCUT2D eigenvalue weighted by Crippen LogP contribution is -2.35. The molecule has 0 spiro atoms. The number of carbonyl (C=O) groups is 2. The Hall–Kier alpha value is -2.87. The standard InChI is InChI=1S/C20H24N2O5S/c1-5-21-19(23)15(3)27-20(24)16-8-10-17(11-9-16)22(4)28(25,26)18-12-6-14(2)7-13-18/h6-13,15H,5H2,1-4H3,(H,21,23)/t15-/m0/s1. The first-order valence-corrected chi connectivity index (χ1v) is 10.2. The second-order valence-electron chi connectivity index (χ2n) is 6.27. The molecule has 7 nitrogen and oxygen atoms in total. The molecule has 0 aliphatic heterocycles. The topological polar surface area (TPSA) is 92.8 Å². The van der Waals surface area contributed by atoms with Gasteiger partial charge >= 0.3 is 5.97 Å². The molecule has 1 amide bonds. The van der Waals surface area contributed by atoms with Crippen LogP contribution in [0.3, 0.4) is 0 Å². The Morgan fingerprint density at radius 2 is 1.64 bits per heavy atom. The Kier molecular flexibility index (Phi) is 6.80. The third-order valence-electron chi connectivity index (χ3n) is 4.15. The number of nitrogens with one attached hydrogen (secondary N) is 1. The minimum absolute atomic E-state index is 0.180. The van der Waals surface area contributed by atoms with Gasteiger partial charge in [0.2, 0.25) is 0 Å². The van der Waals surface area contributed by atoms with Gasteiger partial charge in [-0.1, -0.05) is 17.7 Å². The highest BCUT2D eigenvalue weighted by Crippen LogP contribution is 2.23. The van der Waals surface area contributed by atoms with Gasteiger partial charge in [-0.05, 0) is 57.2 Å². The molecule has 0 bridgehead atoms. The van der Waals surface area contributed by atoms with Gasteiger partial charge in [0.25, 0.3) is 15.9 Å². The van der Waals surface area contributed by atoms with E-state index in [4.69, 9.17) is 4.74 Å². The third kappa shape index (κ3) is 4.89. The van der Waals surface area contributed by atoms with Crippen molar-refractivity contribution in [3.8, 4) is 0 Å². The lowest BCUT2D eigenvalue weighted by molar-refractivity contribution is -0.128. The predicted octanol–water partition coefficient (Wildman–Crippen LogP) is 2.50. The second-order valence-corrected chi connectivity index (χ2v) is 8.24. The number of nitrogens with zero attached hydrogens (tertiary/aromatic N) is 1. The maximum Gasteiger partial charge on any atom is 0.338 e. The first-order valence-electron chi connectivity index (χ1n) is 8.81. The fourth-order valence-electron chi connectivity index (χ4n) is 2.41. The average Bonchev–Trinajstić information content (AvgIpc) is 2.68. The van der Waals surface area contributed by atoms with Gasteiger partial charge in [-0.2, -0.15) is 0 Å². The van der Waals surface area contributed by atoms with E-state index < -0.39 is 22.1 Å². The fourth-order valence-corrected chi connectivity index (χ4v) is 3.61. The van der Waals surface area contributed by atoms with E-state index >= 15 is 0 Å². The van der Waals surface area contributed by atoms with E-state index in [-0.39, 0.29) is 16.4 Å². The molecule has 8 heteroatoms. The van der Waals surface area contributed by atoms with Gasteiger partial charge in [0.15, 0.2) is 6.10 Å². The number of sulfonamides is 1. The number of hydrogen-bond donors (Lipinski definition) is 1. The molecule has 0 saturated heterocycles. The van der Waals surface area contributed by atoms with Crippen molar-refractivity contribution < 1.29 is 22.7 Å². The number of likely N-dealkylation sites (N-methyl/N-ethyl adjacent to an activating group) is 1. The molecular formula is C20H24N2O5S. The Morgan fingerprint density at radius 1 is 1.07 bits per heavy atom. The summed E-state index contributed by atoms with van der Waals surface area (Å²) in [7, 11) is -2.27. The van der Waals surface area contributed by atoms with Crippen LogP contribution in [-0.2, 0) is 19.6 Å². The Bertz CT molecular complexity index is 938. The van der Waals surface area contributed by atoms with Crippen LogP contribution in [0.15, 0.2) is 53.4 Å². The van der Waals surface area contributed by atoms with Gasteiger partial charge < -0.3 is 10.1 Å². The molecule has 2 aromatic carbocycles. The van der Waals surface area contributed by atoms with Gasteiger partial charge in [0.05, 0.1) is 16.1 Å². The highest BCUT2D eigenvalue weighted by Gasteiger charge is 2.22. The molecule has 0 radical (unpaired) electrons. The van der Waals surface area contributed by atoms with Gasteiger partial charge in [0, 0.05) is 13.6 Å². The fraction of sp³-hybridized carbons (Fsp3) is 0.300. The summed E-state index contributed by atoms with van der Waals surface area (Å²) < 4.78 is 31.7. The van der Waals surface area contributed by atoms with Crippen LogP contribution in [0, 0.1) is 6.92 Å². The average molecular weight is 404 g/mol. The van der Waals surface area contributed by atoms with Crippen LogP contribution in [0.1, 0.15) is 29.8 Å². The molecule has 2 rings (SSSR count). The zero-order valence-corrected chi connectivity index (χ0v) is 17.1. The van der Waals surface area contributed by atoms with E-state index in [0.717, 1.165) is 9.87 Å². The van der Waals surface area contributed by atoms with Crippen LogP contribution < -0.4 is 9.62 Å². The maximum atomic E-state index is 12.7. The molecular weight excluding hydrogens is 380 g/mol. The van der Waals surface area contributed by atoms with Crippen LogP contribution in [-0.4, -0.2) is 40.0 Å². The molecule has 2 aromatic rings. The Morgan fingerprint density at radius 3 is 2.18 bits per heavy atom.